The fourth-order valence-corrected chi connectivity index (χ4v) is 4.58. The van der Waals surface area contributed by atoms with Crippen LogP contribution in [0.15, 0.2) is 71.1 Å². The quantitative estimate of drug-likeness (QED) is 0.190. The van der Waals surface area contributed by atoms with Crippen LogP contribution in [0.4, 0.5) is 0 Å². The summed E-state index contributed by atoms with van der Waals surface area (Å²) in [5, 5.41) is 6.98. The molecule has 144 valence electrons. The highest BCUT2D eigenvalue weighted by Gasteiger charge is 2.19. The van der Waals surface area contributed by atoms with E-state index in [1.54, 1.807) is 36.4 Å². The highest BCUT2D eigenvalue weighted by atomic mass is 35.5. The molecule has 0 unspecified atom stereocenters. The van der Waals surface area contributed by atoms with E-state index in [9.17, 15) is 9.59 Å². The van der Waals surface area contributed by atoms with E-state index in [1.807, 2.05) is 29.6 Å². The Morgan fingerprint density at radius 2 is 1.93 bits per heavy atom. The molecule has 0 aliphatic carbocycles. The van der Waals surface area contributed by atoms with E-state index in [4.69, 9.17) is 16.3 Å². The first-order valence-electron chi connectivity index (χ1n) is 8.48. The molecule has 0 atom stereocenters. The monoisotopic (exact) mass is 440 g/mol. The zero-order valence-corrected chi connectivity index (χ0v) is 17.2. The van der Waals surface area contributed by atoms with Crippen LogP contribution < -0.4 is 10.2 Å². The number of halogens is 1. The SMILES string of the molecule is O=C(N/N=C/c1cccc(OC(=O)c2sc3ccccc3c2Cl)c1)c1cccs1. The maximum absolute atomic E-state index is 12.6. The van der Waals surface area contributed by atoms with Gasteiger partial charge in [-0.05, 0) is 35.2 Å². The summed E-state index contributed by atoms with van der Waals surface area (Å²) >= 11 is 8.96. The Labute approximate surface area is 179 Å². The van der Waals surface area contributed by atoms with Gasteiger partial charge in [-0.25, -0.2) is 10.2 Å². The largest absolute Gasteiger partial charge is 0.422 e. The maximum atomic E-state index is 12.6. The number of benzene rings is 2. The van der Waals surface area contributed by atoms with Gasteiger partial charge in [0.1, 0.15) is 10.6 Å². The van der Waals surface area contributed by atoms with E-state index in [0.29, 0.717) is 26.1 Å². The molecule has 2 heterocycles. The lowest BCUT2D eigenvalue weighted by Gasteiger charge is -2.04. The van der Waals surface area contributed by atoms with E-state index >= 15 is 0 Å². The number of carbonyl (C=O) groups excluding carboxylic acids is 2. The minimum atomic E-state index is -0.517. The lowest BCUT2D eigenvalue weighted by Crippen LogP contribution is -2.16. The number of esters is 1. The van der Waals surface area contributed by atoms with Crippen LogP contribution in [0.25, 0.3) is 10.1 Å². The number of nitrogens with zero attached hydrogens (tertiary/aromatic N) is 1. The second kappa shape index (κ2) is 8.57. The third-order valence-corrected chi connectivity index (χ3v) is 6.44. The number of fused-ring (bicyclic) bond motifs is 1. The summed E-state index contributed by atoms with van der Waals surface area (Å²) in [7, 11) is 0. The van der Waals surface area contributed by atoms with Crippen molar-refractivity contribution in [3.05, 3.63) is 86.4 Å². The Bertz CT molecular complexity index is 1220. The third kappa shape index (κ3) is 4.37. The molecule has 0 fully saturated rings. The summed E-state index contributed by atoms with van der Waals surface area (Å²) in [4.78, 5) is 25.4. The molecular weight excluding hydrogens is 428 g/mol. The Morgan fingerprint density at radius 1 is 1.07 bits per heavy atom. The van der Waals surface area contributed by atoms with Gasteiger partial charge in [0.05, 0.1) is 16.1 Å². The standard InChI is InChI=1S/C21H13ClN2O3S2/c22-18-15-7-1-2-8-16(15)29-19(18)21(26)27-14-6-3-5-13(11-14)12-23-24-20(25)17-9-4-10-28-17/h1-12H,(H,24,25)/b23-12+. The van der Waals surface area contributed by atoms with Crippen molar-refractivity contribution in [2.45, 2.75) is 0 Å². The molecule has 2 aromatic heterocycles. The van der Waals surface area contributed by atoms with Gasteiger partial charge in [0, 0.05) is 10.1 Å². The van der Waals surface area contributed by atoms with E-state index in [1.165, 1.54) is 28.9 Å². The van der Waals surface area contributed by atoms with Crippen LogP contribution in [0.2, 0.25) is 5.02 Å². The molecule has 0 saturated heterocycles. The summed E-state index contributed by atoms with van der Waals surface area (Å²) in [5.41, 5.74) is 3.13. The van der Waals surface area contributed by atoms with Gasteiger partial charge in [-0.2, -0.15) is 5.10 Å². The molecule has 5 nitrogen and oxygen atoms in total. The van der Waals surface area contributed by atoms with Crippen molar-refractivity contribution in [1.82, 2.24) is 5.43 Å². The highest BCUT2D eigenvalue weighted by molar-refractivity contribution is 7.21. The number of ether oxygens (including phenoxy) is 1. The van der Waals surface area contributed by atoms with E-state index in [-0.39, 0.29) is 5.91 Å². The maximum Gasteiger partial charge on any atom is 0.355 e. The zero-order valence-electron chi connectivity index (χ0n) is 14.8. The van der Waals surface area contributed by atoms with Gasteiger partial charge in [-0.1, -0.05) is 48.0 Å². The summed E-state index contributed by atoms with van der Waals surface area (Å²) in [6.45, 7) is 0. The number of amides is 1. The normalized spacial score (nSPS) is 11.1. The van der Waals surface area contributed by atoms with E-state index in [2.05, 4.69) is 10.5 Å². The summed E-state index contributed by atoms with van der Waals surface area (Å²) in [6, 6.07) is 17.9. The van der Waals surface area contributed by atoms with Crippen molar-refractivity contribution in [2.75, 3.05) is 0 Å². The first kappa shape index (κ1) is 19.3. The molecule has 0 saturated carbocycles. The first-order valence-corrected chi connectivity index (χ1v) is 10.6. The number of hydrogen-bond acceptors (Lipinski definition) is 6. The summed E-state index contributed by atoms with van der Waals surface area (Å²) < 4.78 is 6.40. The molecule has 1 amide bonds. The van der Waals surface area contributed by atoms with Crippen LogP contribution in [0, 0.1) is 0 Å². The average Bonchev–Trinajstić information content (AvgIpc) is 3.37. The minimum absolute atomic E-state index is 0.279. The van der Waals surface area contributed by atoms with Crippen LogP contribution in [-0.4, -0.2) is 18.1 Å². The first-order chi connectivity index (χ1) is 14.1. The summed E-state index contributed by atoms with van der Waals surface area (Å²) in [6.07, 6.45) is 1.48. The predicted molar refractivity (Wildman–Crippen MR) is 118 cm³/mol. The fourth-order valence-electron chi connectivity index (χ4n) is 2.59. The van der Waals surface area contributed by atoms with Gasteiger partial charge in [0.15, 0.2) is 0 Å². The molecule has 2 aromatic carbocycles. The van der Waals surface area contributed by atoms with Gasteiger partial charge in [0.2, 0.25) is 0 Å². The predicted octanol–water partition coefficient (Wildman–Crippen LogP) is 5.60. The molecular formula is C21H13ClN2O3S2. The van der Waals surface area contributed by atoms with Crippen molar-refractivity contribution in [3.8, 4) is 5.75 Å². The van der Waals surface area contributed by atoms with Gasteiger partial charge in [-0.15, -0.1) is 22.7 Å². The lowest BCUT2D eigenvalue weighted by atomic mass is 10.2. The molecule has 1 N–H and O–H groups in total. The smallest absolute Gasteiger partial charge is 0.355 e. The van der Waals surface area contributed by atoms with Crippen molar-refractivity contribution >= 4 is 62.5 Å². The Balaban J connectivity index is 1.45. The molecule has 8 heteroatoms. The molecule has 4 rings (SSSR count). The fraction of sp³-hybridized carbons (Fsp3) is 0. The molecule has 0 spiro atoms. The number of carbonyl (C=O) groups is 2. The molecule has 29 heavy (non-hydrogen) atoms. The topological polar surface area (TPSA) is 67.8 Å². The zero-order chi connectivity index (χ0) is 20.2. The molecule has 0 bridgehead atoms. The van der Waals surface area contributed by atoms with Crippen LogP contribution in [0.1, 0.15) is 24.9 Å². The average molecular weight is 441 g/mol. The van der Waals surface area contributed by atoms with Crippen molar-refractivity contribution in [1.29, 1.82) is 0 Å². The van der Waals surface area contributed by atoms with Crippen molar-refractivity contribution in [2.24, 2.45) is 5.10 Å². The van der Waals surface area contributed by atoms with Crippen LogP contribution in [-0.2, 0) is 0 Å². The van der Waals surface area contributed by atoms with Crippen LogP contribution in [0.5, 0.6) is 5.75 Å². The van der Waals surface area contributed by atoms with E-state index < -0.39 is 5.97 Å². The van der Waals surface area contributed by atoms with Gasteiger partial charge in [0.25, 0.3) is 5.91 Å². The van der Waals surface area contributed by atoms with Gasteiger partial charge < -0.3 is 4.74 Å². The second-order valence-corrected chi connectivity index (χ2v) is 8.26. The minimum Gasteiger partial charge on any atom is -0.422 e. The summed E-state index contributed by atoms with van der Waals surface area (Å²) in [5.74, 6) is -0.438. The molecule has 4 aromatic rings. The second-order valence-electron chi connectivity index (χ2n) is 5.88. The Hall–Kier alpha value is -3.00. The molecule has 0 aliphatic rings. The highest BCUT2D eigenvalue weighted by Crippen LogP contribution is 2.35. The third-order valence-electron chi connectivity index (χ3n) is 3.91. The van der Waals surface area contributed by atoms with Crippen molar-refractivity contribution in [3.63, 3.8) is 0 Å². The van der Waals surface area contributed by atoms with Gasteiger partial charge >= 0.3 is 5.97 Å². The number of thiophene rings is 2. The number of hydrogen-bond donors (Lipinski definition) is 1. The van der Waals surface area contributed by atoms with Gasteiger partial charge in [-0.3, -0.25) is 4.79 Å². The number of rotatable bonds is 5. The Kier molecular flexibility index (Phi) is 5.71. The van der Waals surface area contributed by atoms with Crippen LogP contribution >= 0.6 is 34.3 Å². The molecule has 0 aliphatic heterocycles. The Morgan fingerprint density at radius 3 is 2.72 bits per heavy atom. The van der Waals surface area contributed by atoms with Crippen LogP contribution in [0.3, 0.4) is 0 Å². The number of hydrazone groups is 1. The van der Waals surface area contributed by atoms with Crippen molar-refractivity contribution < 1.29 is 14.3 Å². The van der Waals surface area contributed by atoms with E-state index in [0.717, 1.165) is 10.1 Å². The lowest BCUT2D eigenvalue weighted by molar-refractivity contribution is 0.0740. The molecule has 0 radical (unpaired) electrons. The number of nitrogens with one attached hydrogen (secondary N) is 1.